The molecule has 0 aromatic rings. The van der Waals surface area contributed by atoms with Crippen LogP contribution in [-0.4, -0.2) is 17.0 Å². The molecule has 1 aliphatic heterocycles. The Bertz CT molecular complexity index is 257. The van der Waals surface area contributed by atoms with Crippen molar-refractivity contribution in [2.45, 2.75) is 38.8 Å². The van der Waals surface area contributed by atoms with Crippen LogP contribution in [0.1, 0.15) is 27.7 Å². The van der Waals surface area contributed by atoms with Crippen LogP contribution in [0, 0.1) is 11.5 Å². The predicted octanol–water partition coefficient (Wildman–Crippen LogP) is 0.573. The molecule has 0 saturated heterocycles. The molecule has 0 radical (unpaired) electrons. The third-order valence-electron chi connectivity index (χ3n) is 2.53. The maximum Gasteiger partial charge on any atom is 0.205 e. The lowest BCUT2D eigenvalue weighted by molar-refractivity contribution is 0.309. The molecule has 0 saturated carbocycles. The molecule has 1 rings (SSSR count). The highest BCUT2D eigenvalue weighted by atomic mass is 15.3. The van der Waals surface area contributed by atoms with E-state index >= 15 is 0 Å². The highest BCUT2D eigenvalue weighted by Crippen LogP contribution is 2.29. The van der Waals surface area contributed by atoms with Gasteiger partial charge in [0, 0.05) is 0 Å². The lowest BCUT2D eigenvalue weighted by Crippen LogP contribution is -2.51. The van der Waals surface area contributed by atoms with Crippen LogP contribution >= 0.6 is 0 Å². The number of nitrogens with zero attached hydrogens (tertiary/aromatic N) is 2. The van der Waals surface area contributed by atoms with Crippen LogP contribution in [0.25, 0.3) is 0 Å². The van der Waals surface area contributed by atoms with Gasteiger partial charge in [-0.15, -0.1) is 0 Å². The first kappa shape index (κ1) is 8.85. The van der Waals surface area contributed by atoms with E-state index in [1.54, 1.807) is 0 Å². The van der Waals surface area contributed by atoms with Gasteiger partial charge in [-0.05, 0) is 27.7 Å². The number of guanidine groups is 1. The Morgan fingerprint density at radius 3 is 2.33 bits per heavy atom. The SMILES string of the molecule is CC1(C)N=C(NC#N)NC1(C)C. The molecule has 12 heavy (non-hydrogen) atoms. The molecule has 0 spiro atoms. The molecule has 0 unspecified atom stereocenters. The van der Waals surface area contributed by atoms with E-state index in [0.29, 0.717) is 5.96 Å². The number of hydrogen-bond donors (Lipinski definition) is 2. The summed E-state index contributed by atoms with van der Waals surface area (Å²) in [5.74, 6) is 0.563. The van der Waals surface area contributed by atoms with Gasteiger partial charge in [-0.25, -0.2) is 4.99 Å². The van der Waals surface area contributed by atoms with Crippen LogP contribution in [-0.2, 0) is 0 Å². The van der Waals surface area contributed by atoms with Crippen molar-refractivity contribution in [1.82, 2.24) is 10.6 Å². The molecule has 66 valence electrons. The van der Waals surface area contributed by atoms with E-state index in [9.17, 15) is 0 Å². The lowest BCUT2D eigenvalue weighted by Gasteiger charge is -2.32. The van der Waals surface area contributed by atoms with Gasteiger partial charge in [-0.2, -0.15) is 5.26 Å². The summed E-state index contributed by atoms with van der Waals surface area (Å²) in [6.45, 7) is 8.18. The highest BCUT2D eigenvalue weighted by Gasteiger charge is 2.42. The van der Waals surface area contributed by atoms with Gasteiger partial charge in [0.05, 0.1) is 11.1 Å². The van der Waals surface area contributed by atoms with E-state index in [0.717, 1.165) is 0 Å². The van der Waals surface area contributed by atoms with E-state index in [1.807, 2.05) is 20.0 Å². The first-order valence-corrected chi connectivity index (χ1v) is 3.92. The summed E-state index contributed by atoms with van der Waals surface area (Å²) in [4.78, 5) is 4.33. The number of nitrogens with one attached hydrogen (secondary N) is 2. The first-order chi connectivity index (χ1) is 5.39. The van der Waals surface area contributed by atoms with Gasteiger partial charge in [-0.3, -0.25) is 5.32 Å². The second-order valence-corrected chi connectivity index (χ2v) is 4.01. The van der Waals surface area contributed by atoms with Gasteiger partial charge in [0.15, 0.2) is 6.19 Å². The first-order valence-electron chi connectivity index (χ1n) is 3.92. The average molecular weight is 166 g/mol. The molecule has 0 aromatic carbocycles. The molecule has 2 N–H and O–H groups in total. The third-order valence-corrected chi connectivity index (χ3v) is 2.53. The summed E-state index contributed by atoms with van der Waals surface area (Å²) < 4.78 is 0. The van der Waals surface area contributed by atoms with Gasteiger partial charge in [-0.1, -0.05) is 0 Å². The quantitative estimate of drug-likeness (QED) is 0.408. The van der Waals surface area contributed by atoms with Crippen LogP contribution < -0.4 is 10.6 Å². The van der Waals surface area contributed by atoms with Crippen molar-refractivity contribution in [3.63, 3.8) is 0 Å². The van der Waals surface area contributed by atoms with Gasteiger partial charge >= 0.3 is 0 Å². The molecular weight excluding hydrogens is 152 g/mol. The van der Waals surface area contributed by atoms with Crippen LogP contribution in [0.5, 0.6) is 0 Å². The zero-order valence-electron chi connectivity index (χ0n) is 7.89. The van der Waals surface area contributed by atoms with Crippen LogP contribution in [0.3, 0.4) is 0 Å². The van der Waals surface area contributed by atoms with Crippen molar-refractivity contribution < 1.29 is 0 Å². The molecule has 4 nitrogen and oxygen atoms in total. The van der Waals surface area contributed by atoms with Crippen molar-refractivity contribution >= 4 is 5.96 Å². The Kier molecular flexibility index (Phi) is 1.75. The van der Waals surface area contributed by atoms with E-state index in [-0.39, 0.29) is 11.1 Å². The topological polar surface area (TPSA) is 60.2 Å². The van der Waals surface area contributed by atoms with E-state index < -0.39 is 0 Å². The smallest absolute Gasteiger partial charge is 0.205 e. The summed E-state index contributed by atoms with van der Waals surface area (Å²) in [5.41, 5.74) is -0.279. The van der Waals surface area contributed by atoms with Gasteiger partial charge in [0.25, 0.3) is 0 Å². The third kappa shape index (κ3) is 1.22. The standard InChI is InChI=1S/C8H14N4/c1-7(2)8(3,4)12-6(11-7)10-5-9/h1-4H3,(H2,10,11,12). The highest BCUT2D eigenvalue weighted by molar-refractivity contribution is 5.84. The normalized spacial score (nSPS) is 23.8. The Balaban J connectivity index is 2.84. The van der Waals surface area contributed by atoms with E-state index in [2.05, 4.69) is 29.5 Å². The minimum absolute atomic E-state index is 0.105. The largest absolute Gasteiger partial charge is 0.348 e. The van der Waals surface area contributed by atoms with Crippen molar-refractivity contribution in [2.24, 2.45) is 4.99 Å². The lowest BCUT2D eigenvalue weighted by atomic mass is 9.85. The molecule has 1 heterocycles. The van der Waals surface area contributed by atoms with E-state index in [4.69, 9.17) is 5.26 Å². The molecule has 1 aliphatic rings. The molecule has 4 heteroatoms. The number of aliphatic imine (C=N–C) groups is 1. The Morgan fingerprint density at radius 2 is 2.00 bits per heavy atom. The monoisotopic (exact) mass is 166 g/mol. The summed E-state index contributed by atoms with van der Waals surface area (Å²) >= 11 is 0. The van der Waals surface area contributed by atoms with Gasteiger partial charge in [0.1, 0.15) is 0 Å². The van der Waals surface area contributed by atoms with Crippen molar-refractivity contribution in [3.8, 4) is 6.19 Å². The zero-order valence-corrected chi connectivity index (χ0v) is 7.89. The van der Waals surface area contributed by atoms with Crippen LogP contribution in [0.4, 0.5) is 0 Å². The average Bonchev–Trinajstić information content (AvgIpc) is 2.02. The molecule has 0 atom stereocenters. The van der Waals surface area contributed by atoms with Crippen molar-refractivity contribution in [2.75, 3.05) is 0 Å². The maximum absolute atomic E-state index is 8.39. The second-order valence-electron chi connectivity index (χ2n) is 4.01. The molecule has 0 aliphatic carbocycles. The zero-order chi connectivity index (χ0) is 9.41. The minimum Gasteiger partial charge on any atom is -0.348 e. The van der Waals surface area contributed by atoms with E-state index in [1.165, 1.54) is 0 Å². The Hall–Kier alpha value is -1.24. The maximum atomic E-state index is 8.39. The summed E-state index contributed by atoms with van der Waals surface area (Å²) in [6, 6.07) is 0. The van der Waals surface area contributed by atoms with Crippen LogP contribution in [0.2, 0.25) is 0 Å². The molecular formula is C8H14N4. The second kappa shape index (κ2) is 2.37. The van der Waals surface area contributed by atoms with Crippen LogP contribution in [0.15, 0.2) is 4.99 Å². The summed E-state index contributed by atoms with van der Waals surface area (Å²) in [5, 5.41) is 14.0. The molecule has 0 bridgehead atoms. The number of nitriles is 1. The fourth-order valence-electron chi connectivity index (χ4n) is 1.01. The Labute approximate surface area is 72.7 Å². The Morgan fingerprint density at radius 1 is 1.42 bits per heavy atom. The van der Waals surface area contributed by atoms with Crippen molar-refractivity contribution in [1.29, 1.82) is 5.26 Å². The van der Waals surface area contributed by atoms with Crippen molar-refractivity contribution in [3.05, 3.63) is 0 Å². The fraction of sp³-hybridized carbons (Fsp3) is 0.750. The number of hydrogen-bond acceptors (Lipinski definition) is 4. The fourth-order valence-corrected chi connectivity index (χ4v) is 1.01. The summed E-state index contributed by atoms with van der Waals surface area (Å²) in [7, 11) is 0. The molecule has 0 amide bonds. The van der Waals surface area contributed by atoms with Gasteiger partial charge in [0.2, 0.25) is 5.96 Å². The predicted molar refractivity (Wildman–Crippen MR) is 47.5 cm³/mol. The molecule has 0 aromatic heterocycles. The van der Waals surface area contributed by atoms with Gasteiger partial charge < -0.3 is 5.32 Å². The minimum atomic E-state index is -0.174. The molecule has 0 fully saturated rings. The number of rotatable bonds is 0. The summed E-state index contributed by atoms with van der Waals surface area (Å²) in [6.07, 6.45) is 1.84.